The van der Waals surface area contributed by atoms with Crippen LogP contribution in [0.4, 0.5) is 0 Å². The van der Waals surface area contributed by atoms with Crippen LogP contribution in [0.3, 0.4) is 0 Å². The monoisotopic (exact) mass is 168 g/mol. The fourth-order valence-corrected chi connectivity index (χ4v) is 3.52. The first kappa shape index (κ1) is 7.16. The fourth-order valence-electron chi connectivity index (χ4n) is 0.899. The van der Waals surface area contributed by atoms with E-state index < -0.39 is 0 Å². The molecule has 8 heavy (non-hydrogen) atoms. The molecule has 2 unspecified atom stereocenters. The van der Waals surface area contributed by atoms with Gasteiger partial charge in [-0.15, -0.1) is 11.7 Å². The lowest BCUT2D eigenvalue weighted by atomic mass is 10.3. The van der Waals surface area contributed by atoms with Crippen molar-refractivity contribution in [3.05, 3.63) is 0 Å². The Balaban J connectivity index is 2.28. The molecule has 0 bridgehead atoms. The second-order valence-corrected chi connectivity index (χ2v) is 6.66. The fraction of sp³-hybridized carbons (Fsp3) is 1.00. The van der Waals surface area contributed by atoms with Gasteiger partial charge in [0.25, 0.3) is 0 Å². The maximum absolute atomic E-state index is 4.44. The van der Waals surface area contributed by atoms with E-state index in [1.807, 2.05) is 0 Å². The molecule has 1 aliphatic heterocycles. The van der Waals surface area contributed by atoms with E-state index in [0.29, 0.717) is 4.58 Å². The molecule has 1 fully saturated rings. The van der Waals surface area contributed by atoms with Crippen molar-refractivity contribution in [2.75, 3.05) is 5.75 Å². The van der Waals surface area contributed by atoms with Gasteiger partial charge in [0.05, 0.1) is 0 Å². The van der Waals surface area contributed by atoms with Crippen LogP contribution in [-0.4, -0.2) is 10.3 Å². The predicted molar refractivity (Wildman–Crippen MR) is 49.5 cm³/mol. The standard InChI is InChI=1S/C5H12S3/c6-5-3-1-2-4-8(5)7/h5-8H,1-4H2. The van der Waals surface area contributed by atoms with Gasteiger partial charge in [0, 0.05) is 4.58 Å². The van der Waals surface area contributed by atoms with Gasteiger partial charge in [-0.25, -0.2) is 0 Å². The van der Waals surface area contributed by atoms with Crippen LogP contribution in [-0.2, 0) is 0 Å². The molecule has 0 aromatic rings. The van der Waals surface area contributed by atoms with E-state index in [9.17, 15) is 0 Å². The molecule has 0 nitrogen and oxygen atoms in total. The number of hydrogen-bond acceptors (Lipinski definition) is 2. The zero-order valence-electron chi connectivity index (χ0n) is 4.75. The molecule has 0 radical (unpaired) electrons. The molecule has 50 valence electrons. The summed E-state index contributed by atoms with van der Waals surface area (Å²) < 4.78 is 0.627. The van der Waals surface area contributed by atoms with E-state index in [1.165, 1.54) is 25.0 Å². The van der Waals surface area contributed by atoms with E-state index in [-0.39, 0.29) is 9.93 Å². The molecule has 0 aromatic carbocycles. The SMILES string of the molecule is SC1CCCC[SH]1S. The van der Waals surface area contributed by atoms with Crippen LogP contribution in [0.25, 0.3) is 0 Å². The Morgan fingerprint density at radius 2 is 2.12 bits per heavy atom. The van der Waals surface area contributed by atoms with Crippen LogP contribution < -0.4 is 0 Å². The van der Waals surface area contributed by atoms with Crippen molar-refractivity contribution in [1.29, 1.82) is 0 Å². The van der Waals surface area contributed by atoms with Gasteiger partial charge in [-0.2, -0.15) is 22.6 Å². The highest BCUT2D eigenvalue weighted by Gasteiger charge is 2.13. The zero-order valence-corrected chi connectivity index (χ0v) is 7.43. The Morgan fingerprint density at radius 3 is 2.50 bits per heavy atom. The molecule has 1 saturated heterocycles. The average Bonchev–Trinajstić information content (AvgIpc) is 1.77. The summed E-state index contributed by atoms with van der Waals surface area (Å²) in [5, 5.41) is 0. The number of hydrogen-bond donors (Lipinski definition) is 3. The van der Waals surface area contributed by atoms with Crippen molar-refractivity contribution in [3.63, 3.8) is 0 Å². The molecule has 0 amide bonds. The molecular formula is C5H12S3. The van der Waals surface area contributed by atoms with Gasteiger partial charge >= 0.3 is 0 Å². The smallest absolute Gasteiger partial charge is 0.0372 e. The average molecular weight is 168 g/mol. The summed E-state index contributed by atoms with van der Waals surface area (Å²) in [4.78, 5) is 0. The second-order valence-electron chi connectivity index (χ2n) is 2.14. The van der Waals surface area contributed by atoms with E-state index in [4.69, 9.17) is 0 Å². The van der Waals surface area contributed by atoms with Crippen LogP contribution in [0, 0.1) is 0 Å². The third-order valence-corrected chi connectivity index (χ3v) is 6.24. The topological polar surface area (TPSA) is 0 Å². The Labute approximate surface area is 64.0 Å². The van der Waals surface area contributed by atoms with Gasteiger partial charge < -0.3 is 0 Å². The molecule has 0 saturated carbocycles. The Kier molecular flexibility index (Phi) is 2.93. The highest BCUT2D eigenvalue weighted by Crippen LogP contribution is 2.44. The summed E-state index contributed by atoms with van der Waals surface area (Å²) in [6, 6.07) is 0. The van der Waals surface area contributed by atoms with E-state index in [2.05, 4.69) is 24.3 Å². The molecular weight excluding hydrogens is 156 g/mol. The molecule has 1 aliphatic rings. The molecule has 2 atom stereocenters. The molecule has 0 N–H and O–H groups in total. The Morgan fingerprint density at radius 1 is 1.38 bits per heavy atom. The molecule has 1 rings (SSSR count). The van der Waals surface area contributed by atoms with Crippen LogP contribution >= 0.6 is 34.2 Å². The maximum Gasteiger partial charge on any atom is 0.0372 e. The lowest BCUT2D eigenvalue weighted by Gasteiger charge is -2.26. The highest BCUT2D eigenvalue weighted by atomic mass is 33.1. The first-order valence-electron chi connectivity index (χ1n) is 2.94. The summed E-state index contributed by atoms with van der Waals surface area (Å²) >= 11 is 8.85. The largest absolute Gasteiger partial charge is 0.196 e. The number of thiol groups is 3. The lowest BCUT2D eigenvalue weighted by Crippen LogP contribution is -2.05. The van der Waals surface area contributed by atoms with Gasteiger partial charge in [0.15, 0.2) is 0 Å². The van der Waals surface area contributed by atoms with Crippen LogP contribution in [0.5, 0.6) is 0 Å². The summed E-state index contributed by atoms with van der Waals surface area (Å²) in [6.07, 6.45) is 4.04. The lowest BCUT2D eigenvalue weighted by molar-refractivity contribution is 0.747. The minimum absolute atomic E-state index is 0.00579. The summed E-state index contributed by atoms with van der Waals surface area (Å²) in [5.41, 5.74) is 0. The van der Waals surface area contributed by atoms with Crippen molar-refractivity contribution in [2.45, 2.75) is 23.8 Å². The molecule has 0 aliphatic carbocycles. The summed E-state index contributed by atoms with van der Waals surface area (Å²) in [5.74, 6) is 1.33. The first-order chi connectivity index (χ1) is 3.80. The Bertz CT molecular complexity index is 64.1. The van der Waals surface area contributed by atoms with Crippen molar-refractivity contribution < 1.29 is 0 Å². The van der Waals surface area contributed by atoms with Gasteiger partial charge in [-0.05, 0) is 18.6 Å². The predicted octanol–water partition coefficient (Wildman–Crippen LogP) is 2.27. The van der Waals surface area contributed by atoms with Crippen LogP contribution in [0.15, 0.2) is 0 Å². The van der Waals surface area contributed by atoms with Crippen molar-refractivity contribution in [2.24, 2.45) is 0 Å². The van der Waals surface area contributed by atoms with Gasteiger partial charge in [0.1, 0.15) is 0 Å². The first-order valence-corrected chi connectivity index (χ1v) is 6.21. The molecule has 0 spiro atoms. The van der Waals surface area contributed by atoms with E-state index in [1.54, 1.807) is 0 Å². The molecule has 3 heteroatoms. The molecule has 1 heterocycles. The second kappa shape index (κ2) is 3.28. The normalized spacial score (nSPS) is 44.2. The van der Waals surface area contributed by atoms with Crippen LogP contribution in [0.1, 0.15) is 19.3 Å². The third-order valence-electron chi connectivity index (χ3n) is 1.44. The van der Waals surface area contributed by atoms with Crippen molar-refractivity contribution in [1.82, 2.24) is 0 Å². The van der Waals surface area contributed by atoms with Crippen molar-refractivity contribution in [3.8, 4) is 0 Å². The quantitative estimate of drug-likeness (QED) is 0.359. The van der Waals surface area contributed by atoms with Crippen molar-refractivity contribution >= 4 is 34.2 Å². The number of rotatable bonds is 0. The Hall–Kier alpha value is 1.05. The van der Waals surface area contributed by atoms with Gasteiger partial charge in [0.2, 0.25) is 0 Å². The maximum atomic E-state index is 4.44. The third kappa shape index (κ3) is 1.78. The van der Waals surface area contributed by atoms with E-state index >= 15 is 0 Å². The molecule has 0 aromatic heterocycles. The summed E-state index contributed by atoms with van der Waals surface area (Å²) in [7, 11) is 0.00579. The zero-order chi connectivity index (χ0) is 5.98. The van der Waals surface area contributed by atoms with Gasteiger partial charge in [-0.3, -0.25) is 0 Å². The van der Waals surface area contributed by atoms with Gasteiger partial charge in [-0.1, -0.05) is 6.42 Å². The minimum atomic E-state index is 0.00579. The summed E-state index contributed by atoms with van der Waals surface area (Å²) in [6.45, 7) is 0. The van der Waals surface area contributed by atoms with Crippen LogP contribution in [0.2, 0.25) is 0 Å². The minimum Gasteiger partial charge on any atom is -0.196 e. The van der Waals surface area contributed by atoms with E-state index in [0.717, 1.165) is 0 Å². The highest BCUT2D eigenvalue weighted by molar-refractivity contribution is 8.79.